The van der Waals surface area contributed by atoms with Crippen LogP contribution in [0.3, 0.4) is 0 Å². The van der Waals surface area contributed by atoms with Gasteiger partial charge in [0.05, 0.1) is 6.54 Å². The van der Waals surface area contributed by atoms with Gasteiger partial charge in [0.15, 0.2) is 17.5 Å². The SMILES string of the molecule is I.NC(=NCCOc1ccc(F)cc1F)Nc1ccc2c(c1)CCC2. The molecule has 0 saturated heterocycles. The Hall–Kier alpha value is -1.90. The smallest absolute Gasteiger partial charge is 0.193 e. The molecule has 1 aliphatic carbocycles. The Balaban J connectivity index is 0.00000225. The van der Waals surface area contributed by atoms with E-state index < -0.39 is 11.6 Å². The van der Waals surface area contributed by atoms with Crippen molar-refractivity contribution < 1.29 is 13.5 Å². The maximum Gasteiger partial charge on any atom is 0.193 e. The fraction of sp³-hybridized carbons (Fsp3) is 0.278. The van der Waals surface area contributed by atoms with Gasteiger partial charge in [0.2, 0.25) is 0 Å². The van der Waals surface area contributed by atoms with E-state index in [0.717, 1.165) is 30.7 Å². The number of aliphatic imine (C=N–C) groups is 1. The van der Waals surface area contributed by atoms with Crippen molar-refractivity contribution in [3.05, 3.63) is 59.2 Å². The maximum absolute atomic E-state index is 13.4. The van der Waals surface area contributed by atoms with Crippen molar-refractivity contribution in [1.29, 1.82) is 0 Å². The lowest BCUT2D eigenvalue weighted by molar-refractivity contribution is 0.310. The molecule has 0 bridgehead atoms. The van der Waals surface area contributed by atoms with Gasteiger partial charge in [-0.3, -0.25) is 0 Å². The number of nitrogens with two attached hydrogens (primary N) is 1. The second-order valence-electron chi connectivity index (χ2n) is 5.65. The molecule has 0 saturated carbocycles. The number of fused-ring (bicyclic) bond motifs is 1. The van der Waals surface area contributed by atoms with Crippen LogP contribution in [0, 0.1) is 11.6 Å². The van der Waals surface area contributed by atoms with E-state index in [0.29, 0.717) is 0 Å². The Morgan fingerprint density at radius 2 is 1.92 bits per heavy atom. The molecule has 0 fully saturated rings. The van der Waals surface area contributed by atoms with E-state index in [1.165, 1.54) is 23.6 Å². The maximum atomic E-state index is 13.4. The van der Waals surface area contributed by atoms with E-state index in [1.807, 2.05) is 6.07 Å². The highest BCUT2D eigenvalue weighted by molar-refractivity contribution is 14.0. The molecule has 4 nitrogen and oxygen atoms in total. The standard InChI is InChI=1S/C18H19F2N3O.HI/c19-14-5-7-17(16(20)11-14)24-9-8-22-18(21)23-15-6-4-12-2-1-3-13(12)10-15;/h4-7,10-11H,1-3,8-9H2,(H3,21,22,23);1H. The van der Waals surface area contributed by atoms with Crippen LogP contribution in [0.15, 0.2) is 41.4 Å². The number of rotatable bonds is 5. The zero-order valence-electron chi connectivity index (χ0n) is 13.6. The third-order valence-corrected chi connectivity index (χ3v) is 3.90. The first kappa shape index (κ1) is 19.4. The molecule has 7 heteroatoms. The number of nitrogens with one attached hydrogen (secondary N) is 1. The molecule has 0 heterocycles. The van der Waals surface area contributed by atoms with Crippen molar-refractivity contribution in [3.8, 4) is 5.75 Å². The van der Waals surface area contributed by atoms with Crippen LogP contribution in [-0.4, -0.2) is 19.1 Å². The summed E-state index contributed by atoms with van der Waals surface area (Å²) in [5, 5.41) is 3.04. The summed E-state index contributed by atoms with van der Waals surface area (Å²) in [6.45, 7) is 0.412. The van der Waals surface area contributed by atoms with Gasteiger partial charge in [0, 0.05) is 11.8 Å². The Labute approximate surface area is 162 Å². The molecule has 0 spiro atoms. The molecular weight excluding hydrogens is 439 g/mol. The van der Waals surface area contributed by atoms with Crippen molar-refractivity contribution >= 4 is 35.6 Å². The molecule has 2 aromatic carbocycles. The van der Waals surface area contributed by atoms with Gasteiger partial charge in [0.1, 0.15) is 12.4 Å². The molecule has 3 N–H and O–H groups in total. The molecular formula is C18H20F2IN3O. The minimum Gasteiger partial charge on any atom is -0.489 e. The Kier molecular flexibility index (Phi) is 6.98. The first-order valence-electron chi connectivity index (χ1n) is 7.88. The minimum absolute atomic E-state index is 0. The first-order chi connectivity index (χ1) is 11.6. The second-order valence-corrected chi connectivity index (χ2v) is 5.65. The van der Waals surface area contributed by atoms with Gasteiger partial charge in [-0.05, 0) is 54.7 Å². The number of ether oxygens (including phenoxy) is 1. The normalized spacial score (nSPS) is 13.1. The number of benzene rings is 2. The highest BCUT2D eigenvalue weighted by atomic mass is 127. The summed E-state index contributed by atoms with van der Waals surface area (Å²) in [6.07, 6.45) is 3.43. The molecule has 134 valence electrons. The number of nitrogens with zero attached hydrogens (tertiary/aromatic N) is 1. The zero-order chi connectivity index (χ0) is 16.9. The molecule has 25 heavy (non-hydrogen) atoms. The summed E-state index contributed by atoms with van der Waals surface area (Å²) >= 11 is 0. The molecule has 3 rings (SSSR count). The average molecular weight is 459 g/mol. The molecule has 0 aromatic heterocycles. The second kappa shape index (κ2) is 8.98. The summed E-state index contributed by atoms with van der Waals surface area (Å²) in [7, 11) is 0. The lowest BCUT2D eigenvalue weighted by Gasteiger charge is -2.09. The number of guanidine groups is 1. The number of hydrogen-bond acceptors (Lipinski definition) is 2. The van der Waals surface area contributed by atoms with Gasteiger partial charge in [-0.25, -0.2) is 13.8 Å². The van der Waals surface area contributed by atoms with Gasteiger partial charge in [0.25, 0.3) is 0 Å². The highest BCUT2D eigenvalue weighted by Gasteiger charge is 2.10. The van der Waals surface area contributed by atoms with Crippen molar-refractivity contribution in [3.63, 3.8) is 0 Å². The molecule has 0 aliphatic heterocycles. The predicted octanol–water partition coefficient (Wildman–Crippen LogP) is 3.88. The van der Waals surface area contributed by atoms with Gasteiger partial charge < -0.3 is 15.8 Å². The molecule has 1 aliphatic rings. The third kappa shape index (κ3) is 5.29. The van der Waals surface area contributed by atoms with Crippen molar-refractivity contribution in [1.82, 2.24) is 0 Å². The zero-order valence-corrected chi connectivity index (χ0v) is 15.9. The van der Waals surface area contributed by atoms with Crippen LogP contribution in [0.1, 0.15) is 17.5 Å². The van der Waals surface area contributed by atoms with E-state index in [1.54, 1.807) is 0 Å². The van der Waals surface area contributed by atoms with Crippen molar-refractivity contribution in [2.75, 3.05) is 18.5 Å². The topological polar surface area (TPSA) is 59.6 Å². The highest BCUT2D eigenvalue weighted by Crippen LogP contribution is 2.24. The van der Waals surface area contributed by atoms with E-state index in [4.69, 9.17) is 10.5 Å². The van der Waals surface area contributed by atoms with Crippen LogP contribution >= 0.6 is 24.0 Å². The fourth-order valence-corrected chi connectivity index (χ4v) is 2.75. The molecule has 0 radical (unpaired) electrons. The fourth-order valence-electron chi connectivity index (χ4n) is 2.75. The summed E-state index contributed by atoms with van der Waals surface area (Å²) in [6, 6.07) is 9.36. The van der Waals surface area contributed by atoms with Crippen LogP contribution in [0.25, 0.3) is 0 Å². The number of aryl methyl sites for hydroxylation is 2. The largest absolute Gasteiger partial charge is 0.489 e. The predicted molar refractivity (Wildman–Crippen MR) is 106 cm³/mol. The Morgan fingerprint density at radius 3 is 2.72 bits per heavy atom. The summed E-state index contributed by atoms with van der Waals surface area (Å²) in [5.74, 6) is -1.10. The monoisotopic (exact) mass is 459 g/mol. The van der Waals surface area contributed by atoms with Gasteiger partial charge in [-0.15, -0.1) is 24.0 Å². The molecule has 0 unspecified atom stereocenters. The van der Waals surface area contributed by atoms with Crippen molar-refractivity contribution in [2.24, 2.45) is 10.7 Å². The summed E-state index contributed by atoms with van der Waals surface area (Å²) in [5.41, 5.74) is 9.49. The molecule has 0 amide bonds. The van der Waals surface area contributed by atoms with Gasteiger partial charge in [-0.2, -0.15) is 0 Å². The van der Waals surface area contributed by atoms with Crippen LogP contribution in [0.2, 0.25) is 0 Å². The van der Waals surface area contributed by atoms with Gasteiger partial charge >= 0.3 is 0 Å². The van der Waals surface area contributed by atoms with Crippen LogP contribution < -0.4 is 15.8 Å². The van der Waals surface area contributed by atoms with E-state index in [2.05, 4.69) is 22.4 Å². The average Bonchev–Trinajstić information content (AvgIpc) is 3.01. The first-order valence-corrected chi connectivity index (χ1v) is 7.88. The van der Waals surface area contributed by atoms with E-state index in [9.17, 15) is 8.78 Å². The number of hydrogen-bond donors (Lipinski definition) is 2. The number of halogens is 3. The molecule has 0 atom stereocenters. The summed E-state index contributed by atoms with van der Waals surface area (Å²) < 4.78 is 31.4. The summed E-state index contributed by atoms with van der Waals surface area (Å²) in [4.78, 5) is 4.14. The lowest BCUT2D eigenvalue weighted by Crippen LogP contribution is -2.23. The lowest BCUT2D eigenvalue weighted by atomic mass is 10.1. The Bertz CT molecular complexity index is 768. The van der Waals surface area contributed by atoms with E-state index >= 15 is 0 Å². The quantitative estimate of drug-likeness (QED) is 0.309. The minimum atomic E-state index is -0.733. The Morgan fingerprint density at radius 1 is 1.12 bits per heavy atom. The van der Waals surface area contributed by atoms with Gasteiger partial charge in [-0.1, -0.05) is 6.07 Å². The molecule has 2 aromatic rings. The third-order valence-electron chi connectivity index (χ3n) is 3.90. The van der Waals surface area contributed by atoms with E-state index in [-0.39, 0.29) is 48.8 Å². The number of anilines is 1. The van der Waals surface area contributed by atoms with Crippen LogP contribution in [0.5, 0.6) is 5.75 Å². The van der Waals surface area contributed by atoms with Crippen LogP contribution in [0.4, 0.5) is 14.5 Å². The van der Waals surface area contributed by atoms with Crippen molar-refractivity contribution in [2.45, 2.75) is 19.3 Å². The van der Waals surface area contributed by atoms with Crippen LogP contribution in [-0.2, 0) is 12.8 Å².